The van der Waals surface area contributed by atoms with E-state index in [1.54, 1.807) is 6.20 Å². The van der Waals surface area contributed by atoms with E-state index < -0.39 is 0 Å². The zero-order valence-electron chi connectivity index (χ0n) is 20.8. The highest BCUT2D eigenvalue weighted by Crippen LogP contribution is 2.35. The highest BCUT2D eigenvalue weighted by atomic mass is 35.5. The molecule has 3 heterocycles. The van der Waals surface area contributed by atoms with Crippen molar-refractivity contribution in [2.24, 2.45) is 0 Å². The second-order valence-corrected chi connectivity index (χ2v) is 9.65. The lowest BCUT2D eigenvalue weighted by atomic mass is 10.2. The van der Waals surface area contributed by atoms with Crippen LogP contribution < -0.4 is 14.8 Å². The number of hydrogen-bond acceptors (Lipinski definition) is 6. The highest BCUT2D eigenvalue weighted by molar-refractivity contribution is 6.33. The molecule has 2 aromatic heterocycles. The fraction of sp³-hybridized carbons (Fsp3) is 0.357. The molecule has 1 aliphatic heterocycles. The Bertz CT molecular complexity index is 1300. The van der Waals surface area contributed by atoms with Crippen LogP contribution in [0.2, 0.25) is 5.02 Å². The molecule has 0 spiro atoms. The van der Waals surface area contributed by atoms with Gasteiger partial charge in [0.25, 0.3) is 0 Å². The van der Waals surface area contributed by atoms with E-state index in [2.05, 4.69) is 31.9 Å². The molecule has 0 aliphatic carbocycles. The number of piperazine rings is 1. The summed E-state index contributed by atoms with van der Waals surface area (Å²) < 4.78 is 14.2. The zero-order chi connectivity index (χ0) is 24.9. The first-order chi connectivity index (χ1) is 17.6. The van der Waals surface area contributed by atoms with E-state index in [-0.39, 0.29) is 6.10 Å². The number of aromatic nitrogens is 3. The summed E-state index contributed by atoms with van der Waals surface area (Å²) in [5.41, 5.74) is 3.69. The number of ether oxygens (including phenoxy) is 2. The van der Waals surface area contributed by atoms with Gasteiger partial charge < -0.3 is 19.4 Å². The smallest absolute Gasteiger partial charge is 0.242 e. The average Bonchev–Trinajstić information content (AvgIpc) is 3.24. The van der Waals surface area contributed by atoms with Crippen LogP contribution in [-0.4, -0.2) is 64.9 Å². The molecule has 8 heteroatoms. The Hall–Kier alpha value is -3.13. The van der Waals surface area contributed by atoms with Crippen LogP contribution in [0.5, 0.6) is 11.6 Å². The van der Waals surface area contributed by atoms with Crippen molar-refractivity contribution in [1.82, 2.24) is 24.8 Å². The van der Waals surface area contributed by atoms with Gasteiger partial charge in [-0.2, -0.15) is 0 Å². The molecule has 1 saturated heterocycles. The zero-order valence-corrected chi connectivity index (χ0v) is 21.5. The maximum Gasteiger partial charge on any atom is 0.242 e. The van der Waals surface area contributed by atoms with E-state index in [0.717, 1.165) is 60.9 Å². The van der Waals surface area contributed by atoms with Crippen molar-refractivity contribution in [1.29, 1.82) is 0 Å². The van der Waals surface area contributed by atoms with E-state index in [9.17, 15) is 0 Å². The van der Waals surface area contributed by atoms with Crippen molar-refractivity contribution in [3.63, 3.8) is 0 Å². The van der Waals surface area contributed by atoms with Gasteiger partial charge in [0.15, 0.2) is 5.52 Å². The Labute approximate surface area is 217 Å². The van der Waals surface area contributed by atoms with Gasteiger partial charge in [0.1, 0.15) is 18.2 Å². The molecular formula is C28H32ClN5O2. The Kier molecular flexibility index (Phi) is 7.70. The number of nitrogens with zero attached hydrogens (tertiary/aromatic N) is 4. The van der Waals surface area contributed by atoms with E-state index in [1.807, 2.05) is 56.3 Å². The fourth-order valence-corrected chi connectivity index (χ4v) is 4.72. The number of benzene rings is 2. The Morgan fingerprint density at radius 1 is 1.06 bits per heavy atom. The van der Waals surface area contributed by atoms with Gasteiger partial charge in [-0.25, -0.2) is 9.97 Å². The molecule has 0 bridgehead atoms. The second kappa shape index (κ2) is 11.3. The SMILES string of the molecule is CC(C)Oc1nccc2c1nc(-c1ccc(OCCN3CCNCC3)cc1Cl)n2Cc1ccccc1. The van der Waals surface area contributed by atoms with Gasteiger partial charge in [0.2, 0.25) is 5.88 Å². The first-order valence-electron chi connectivity index (χ1n) is 12.5. The lowest BCUT2D eigenvalue weighted by molar-refractivity contribution is 0.191. The van der Waals surface area contributed by atoms with E-state index in [0.29, 0.717) is 24.1 Å². The number of nitrogens with one attached hydrogen (secondary N) is 1. The van der Waals surface area contributed by atoms with Gasteiger partial charge in [0.05, 0.1) is 16.6 Å². The third-order valence-corrected chi connectivity index (χ3v) is 6.54. The first-order valence-corrected chi connectivity index (χ1v) is 12.9. The molecule has 1 N–H and O–H groups in total. The van der Waals surface area contributed by atoms with Crippen LogP contribution in [0.4, 0.5) is 0 Å². The molecule has 0 atom stereocenters. The van der Waals surface area contributed by atoms with Crippen molar-refractivity contribution in [2.75, 3.05) is 39.3 Å². The van der Waals surface area contributed by atoms with Crippen LogP contribution in [0.15, 0.2) is 60.8 Å². The van der Waals surface area contributed by atoms with Crippen molar-refractivity contribution < 1.29 is 9.47 Å². The molecular weight excluding hydrogens is 474 g/mol. The molecule has 0 radical (unpaired) electrons. The fourth-order valence-electron chi connectivity index (χ4n) is 4.46. The predicted molar refractivity (Wildman–Crippen MR) is 144 cm³/mol. The standard InChI is InChI=1S/C28H32ClN5O2/c1-20(2)36-28-26-25(10-11-31-28)34(19-21-6-4-3-5-7-21)27(32-26)23-9-8-22(18-24(23)29)35-17-16-33-14-12-30-13-15-33/h3-11,18,20,30H,12-17,19H2,1-2H3. The maximum absolute atomic E-state index is 6.82. The molecule has 1 fully saturated rings. The summed E-state index contributed by atoms with van der Waals surface area (Å²) in [5.74, 6) is 2.06. The number of pyridine rings is 1. The largest absolute Gasteiger partial charge is 0.492 e. The maximum atomic E-state index is 6.82. The molecule has 188 valence electrons. The number of halogens is 1. The summed E-state index contributed by atoms with van der Waals surface area (Å²) in [6, 6.07) is 18.1. The Morgan fingerprint density at radius 2 is 1.86 bits per heavy atom. The Morgan fingerprint density at radius 3 is 2.61 bits per heavy atom. The summed E-state index contributed by atoms with van der Waals surface area (Å²) in [6.45, 7) is 10.3. The van der Waals surface area contributed by atoms with Gasteiger partial charge in [0, 0.05) is 51.0 Å². The molecule has 7 nitrogen and oxygen atoms in total. The van der Waals surface area contributed by atoms with E-state index in [4.69, 9.17) is 26.1 Å². The minimum Gasteiger partial charge on any atom is -0.492 e. The number of hydrogen-bond donors (Lipinski definition) is 1. The monoisotopic (exact) mass is 505 g/mol. The topological polar surface area (TPSA) is 64.4 Å². The number of rotatable bonds is 9. The van der Waals surface area contributed by atoms with Gasteiger partial charge in [-0.3, -0.25) is 4.90 Å². The molecule has 0 unspecified atom stereocenters. The molecule has 1 aliphatic rings. The molecule has 0 amide bonds. The van der Waals surface area contributed by atoms with Crippen molar-refractivity contribution in [3.05, 3.63) is 71.4 Å². The van der Waals surface area contributed by atoms with Crippen LogP contribution in [0.25, 0.3) is 22.4 Å². The van der Waals surface area contributed by atoms with E-state index >= 15 is 0 Å². The molecule has 4 aromatic rings. The minimum absolute atomic E-state index is 0.00737. The van der Waals surface area contributed by atoms with Crippen LogP contribution in [0.3, 0.4) is 0 Å². The van der Waals surface area contributed by atoms with Gasteiger partial charge >= 0.3 is 0 Å². The lowest BCUT2D eigenvalue weighted by Crippen LogP contribution is -2.44. The molecule has 0 saturated carbocycles. The second-order valence-electron chi connectivity index (χ2n) is 9.24. The minimum atomic E-state index is -0.00737. The van der Waals surface area contributed by atoms with Crippen molar-refractivity contribution in [3.8, 4) is 23.0 Å². The van der Waals surface area contributed by atoms with Crippen LogP contribution in [0, 0.1) is 0 Å². The quantitative estimate of drug-likeness (QED) is 0.350. The lowest BCUT2D eigenvalue weighted by Gasteiger charge is -2.26. The average molecular weight is 506 g/mol. The summed E-state index contributed by atoms with van der Waals surface area (Å²) >= 11 is 6.82. The highest BCUT2D eigenvalue weighted by Gasteiger charge is 2.20. The van der Waals surface area contributed by atoms with Gasteiger partial charge in [-0.15, -0.1) is 0 Å². The Balaban J connectivity index is 1.45. The van der Waals surface area contributed by atoms with Crippen LogP contribution >= 0.6 is 11.6 Å². The summed E-state index contributed by atoms with van der Waals surface area (Å²) in [5, 5.41) is 3.97. The van der Waals surface area contributed by atoms with Crippen molar-refractivity contribution in [2.45, 2.75) is 26.5 Å². The molecule has 36 heavy (non-hydrogen) atoms. The van der Waals surface area contributed by atoms with E-state index in [1.165, 1.54) is 5.56 Å². The summed E-state index contributed by atoms with van der Waals surface area (Å²) in [4.78, 5) is 11.8. The molecule has 5 rings (SSSR count). The number of imidazole rings is 1. The third-order valence-electron chi connectivity index (χ3n) is 6.23. The van der Waals surface area contributed by atoms with Gasteiger partial charge in [-0.05, 0) is 43.7 Å². The predicted octanol–water partition coefficient (Wildman–Crippen LogP) is 4.87. The summed E-state index contributed by atoms with van der Waals surface area (Å²) in [6.07, 6.45) is 1.76. The normalized spacial score (nSPS) is 14.4. The first kappa shape index (κ1) is 24.6. The molecule has 2 aromatic carbocycles. The summed E-state index contributed by atoms with van der Waals surface area (Å²) in [7, 11) is 0. The third kappa shape index (κ3) is 5.64. The van der Waals surface area contributed by atoms with Crippen molar-refractivity contribution >= 4 is 22.6 Å². The number of fused-ring (bicyclic) bond motifs is 1. The van der Waals surface area contributed by atoms with Crippen LogP contribution in [0.1, 0.15) is 19.4 Å². The van der Waals surface area contributed by atoms with Crippen LogP contribution in [-0.2, 0) is 6.54 Å². The van der Waals surface area contributed by atoms with Gasteiger partial charge in [-0.1, -0.05) is 41.9 Å².